The molecule has 0 amide bonds. The number of hydrogen-bond donors (Lipinski definition) is 1. The normalized spacial score (nSPS) is 12.2. The van der Waals surface area contributed by atoms with Gasteiger partial charge in [0.25, 0.3) is 0 Å². The molecule has 1 unspecified atom stereocenters. The molecule has 19 heavy (non-hydrogen) atoms. The van der Waals surface area contributed by atoms with Gasteiger partial charge in [-0.25, -0.2) is 4.39 Å². The van der Waals surface area contributed by atoms with Gasteiger partial charge in [-0.1, -0.05) is 30.3 Å². The number of benzene rings is 2. The molecule has 2 aromatic rings. The molecule has 0 saturated carbocycles. The van der Waals surface area contributed by atoms with Crippen LogP contribution in [-0.4, -0.2) is 11.7 Å². The van der Waals surface area contributed by atoms with Crippen molar-refractivity contribution in [3.8, 4) is 5.75 Å². The summed E-state index contributed by atoms with van der Waals surface area (Å²) in [5.41, 5.74) is 0.780. The number of para-hydroxylation sites is 1. The molecule has 0 bridgehead atoms. The molecule has 1 atom stereocenters. The zero-order chi connectivity index (χ0) is 13.8. The van der Waals surface area contributed by atoms with Crippen molar-refractivity contribution in [1.29, 1.82) is 0 Å². The highest BCUT2D eigenvalue weighted by atomic mass is 79.9. The van der Waals surface area contributed by atoms with Crippen molar-refractivity contribution in [2.45, 2.75) is 13.0 Å². The molecule has 0 aliphatic rings. The topological polar surface area (TPSA) is 29.5 Å². The first-order valence-electron chi connectivity index (χ1n) is 5.98. The van der Waals surface area contributed by atoms with Crippen LogP contribution < -0.4 is 4.74 Å². The smallest absolute Gasteiger partial charge is 0.143 e. The Bertz CT molecular complexity index is 572. The van der Waals surface area contributed by atoms with E-state index in [1.165, 1.54) is 0 Å². The first kappa shape index (κ1) is 14.0. The van der Waals surface area contributed by atoms with Crippen LogP contribution >= 0.6 is 15.9 Å². The SMILES string of the molecule is CCOc1ccccc1C(O)c1cccc(Br)c1F. The minimum absolute atomic E-state index is 0.224. The first-order chi connectivity index (χ1) is 9.15. The van der Waals surface area contributed by atoms with Gasteiger partial charge in [0.1, 0.15) is 17.7 Å². The third kappa shape index (κ3) is 2.96. The van der Waals surface area contributed by atoms with Crippen LogP contribution in [0.5, 0.6) is 5.75 Å². The number of aliphatic hydroxyl groups excluding tert-OH is 1. The summed E-state index contributed by atoms with van der Waals surface area (Å²) in [5.74, 6) is 0.109. The maximum absolute atomic E-state index is 14.0. The highest BCUT2D eigenvalue weighted by molar-refractivity contribution is 9.10. The summed E-state index contributed by atoms with van der Waals surface area (Å²) < 4.78 is 19.8. The molecule has 1 N–H and O–H groups in total. The molecule has 0 fully saturated rings. The Morgan fingerprint density at radius 3 is 2.58 bits per heavy atom. The van der Waals surface area contributed by atoms with Gasteiger partial charge in [0.05, 0.1) is 11.1 Å². The van der Waals surface area contributed by atoms with Gasteiger partial charge in [-0.05, 0) is 35.0 Å². The van der Waals surface area contributed by atoms with E-state index < -0.39 is 11.9 Å². The van der Waals surface area contributed by atoms with E-state index >= 15 is 0 Å². The summed E-state index contributed by atoms with van der Waals surface area (Å²) in [5, 5.41) is 10.4. The average Bonchev–Trinajstić information content (AvgIpc) is 2.42. The molecular weight excluding hydrogens is 311 g/mol. The molecule has 0 heterocycles. The van der Waals surface area contributed by atoms with Crippen LogP contribution in [-0.2, 0) is 0 Å². The van der Waals surface area contributed by atoms with E-state index in [4.69, 9.17) is 4.74 Å². The van der Waals surface area contributed by atoms with Crippen molar-refractivity contribution >= 4 is 15.9 Å². The molecule has 2 rings (SSSR count). The molecule has 4 heteroatoms. The molecule has 0 aliphatic carbocycles. The van der Waals surface area contributed by atoms with E-state index in [-0.39, 0.29) is 5.56 Å². The predicted octanol–water partition coefficient (Wildman–Crippen LogP) is 4.07. The lowest BCUT2D eigenvalue weighted by molar-refractivity contribution is 0.207. The number of aliphatic hydroxyl groups is 1. The fourth-order valence-corrected chi connectivity index (χ4v) is 2.27. The van der Waals surface area contributed by atoms with Crippen LogP contribution in [0, 0.1) is 5.82 Å². The van der Waals surface area contributed by atoms with E-state index in [1.54, 1.807) is 36.4 Å². The molecule has 0 aliphatic heterocycles. The average molecular weight is 325 g/mol. The lowest BCUT2D eigenvalue weighted by Gasteiger charge is -2.16. The number of hydrogen-bond acceptors (Lipinski definition) is 2. The largest absolute Gasteiger partial charge is 0.493 e. The van der Waals surface area contributed by atoms with E-state index in [2.05, 4.69) is 15.9 Å². The van der Waals surface area contributed by atoms with Crippen LogP contribution in [0.4, 0.5) is 4.39 Å². The Kier molecular flexibility index (Phi) is 4.56. The quantitative estimate of drug-likeness (QED) is 0.918. The fourth-order valence-electron chi connectivity index (χ4n) is 1.89. The molecular formula is C15H14BrFO2. The van der Waals surface area contributed by atoms with Gasteiger partial charge in [-0.3, -0.25) is 0 Å². The second-order valence-electron chi connectivity index (χ2n) is 4.02. The van der Waals surface area contributed by atoms with Crippen molar-refractivity contribution in [2.75, 3.05) is 6.61 Å². The zero-order valence-electron chi connectivity index (χ0n) is 10.4. The van der Waals surface area contributed by atoms with Crippen LogP contribution in [0.1, 0.15) is 24.2 Å². The highest BCUT2D eigenvalue weighted by Gasteiger charge is 2.19. The summed E-state index contributed by atoms with van der Waals surface area (Å²) in [4.78, 5) is 0. The molecule has 0 radical (unpaired) electrons. The predicted molar refractivity (Wildman–Crippen MR) is 75.8 cm³/mol. The molecule has 0 aromatic heterocycles. The summed E-state index contributed by atoms with van der Waals surface area (Å²) in [6.07, 6.45) is -1.06. The van der Waals surface area contributed by atoms with Crippen LogP contribution in [0.15, 0.2) is 46.9 Å². The maximum atomic E-state index is 14.0. The van der Waals surface area contributed by atoms with Gasteiger partial charge in [0.2, 0.25) is 0 Å². The lowest BCUT2D eigenvalue weighted by Crippen LogP contribution is -2.06. The number of rotatable bonds is 4. The molecule has 0 saturated heterocycles. The summed E-state index contributed by atoms with van der Waals surface area (Å²) in [7, 11) is 0. The zero-order valence-corrected chi connectivity index (χ0v) is 12.0. The Labute approximate surface area is 120 Å². The minimum Gasteiger partial charge on any atom is -0.493 e. The molecule has 2 nitrogen and oxygen atoms in total. The molecule has 2 aromatic carbocycles. The Hall–Kier alpha value is -1.39. The van der Waals surface area contributed by atoms with Crippen LogP contribution in [0.3, 0.4) is 0 Å². The summed E-state index contributed by atoms with van der Waals surface area (Å²) >= 11 is 3.12. The van der Waals surface area contributed by atoms with Gasteiger partial charge < -0.3 is 9.84 Å². The third-order valence-electron chi connectivity index (χ3n) is 2.79. The van der Waals surface area contributed by atoms with Crippen molar-refractivity contribution in [3.63, 3.8) is 0 Å². The van der Waals surface area contributed by atoms with Crippen LogP contribution in [0.2, 0.25) is 0 Å². The van der Waals surface area contributed by atoms with Crippen molar-refractivity contribution in [1.82, 2.24) is 0 Å². The first-order valence-corrected chi connectivity index (χ1v) is 6.78. The van der Waals surface area contributed by atoms with Crippen molar-refractivity contribution < 1.29 is 14.2 Å². The summed E-state index contributed by atoms with van der Waals surface area (Å²) in [6.45, 7) is 2.35. The highest BCUT2D eigenvalue weighted by Crippen LogP contribution is 2.33. The minimum atomic E-state index is -1.06. The summed E-state index contributed by atoms with van der Waals surface area (Å²) in [6, 6.07) is 12.0. The van der Waals surface area contributed by atoms with Crippen molar-refractivity contribution in [3.05, 3.63) is 63.9 Å². The Morgan fingerprint density at radius 2 is 1.84 bits per heavy atom. The van der Waals surface area contributed by atoms with Gasteiger partial charge in [0.15, 0.2) is 0 Å². The van der Waals surface area contributed by atoms with Gasteiger partial charge >= 0.3 is 0 Å². The van der Waals surface area contributed by atoms with Gasteiger partial charge in [-0.2, -0.15) is 0 Å². The fraction of sp³-hybridized carbons (Fsp3) is 0.200. The molecule has 100 valence electrons. The third-order valence-corrected chi connectivity index (χ3v) is 3.40. The Morgan fingerprint density at radius 1 is 1.16 bits per heavy atom. The monoisotopic (exact) mass is 324 g/mol. The van der Waals surface area contributed by atoms with Crippen LogP contribution in [0.25, 0.3) is 0 Å². The number of ether oxygens (including phenoxy) is 1. The van der Waals surface area contributed by atoms with E-state index in [0.717, 1.165) is 0 Å². The number of halogens is 2. The van der Waals surface area contributed by atoms with Gasteiger partial charge in [-0.15, -0.1) is 0 Å². The maximum Gasteiger partial charge on any atom is 0.143 e. The Balaban J connectivity index is 2.44. The second kappa shape index (κ2) is 6.17. The second-order valence-corrected chi connectivity index (χ2v) is 4.87. The van der Waals surface area contributed by atoms with Crippen molar-refractivity contribution in [2.24, 2.45) is 0 Å². The standard InChI is InChI=1S/C15H14BrFO2/c1-2-19-13-9-4-3-6-10(13)15(18)11-7-5-8-12(16)14(11)17/h3-9,15,18H,2H2,1H3. The van der Waals surface area contributed by atoms with Gasteiger partial charge in [0, 0.05) is 11.1 Å². The van der Waals surface area contributed by atoms with E-state index in [0.29, 0.717) is 22.4 Å². The van der Waals surface area contributed by atoms with E-state index in [9.17, 15) is 9.50 Å². The molecule has 0 spiro atoms. The van der Waals surface area contributed by atoms with E-state index in [1.807, 2.05) is 13.0 Å². The lowest BCUT2D eigenvalue weighted by atomic mass is 10.0.